The molecule has 2 rings (SSSR count). The van der Waals surface area contributed by atoms with Crippen LogP contribution in [-0.2, 0) is 6.54 Å². The number of furan rings is 1. The Labute approximate surface area is 111 Å². The molecule has 0 aliphatic heterocycles. The molecule has 16 heavy (non-hydrogen) atoms. The predicted octanol–water partition coefficient (Wildman–Crippen LogP) is 4.73. The molecule has 4 heteroatoms. The van der Waals surface area contributed by atoms with E-state index in [0.29, 0.717) is 6.54 Å². The fourth-order valence-corrected chi connectivity index (χ4v) is 1.98. The second-order valence-electron chi connectivity index (χ2n) is 3.51. The van der Waals surface area contributed by atoms with Crippen LogP contribution < -0.4 is 5.32 Å². The van der Waals surface area contributed by atoms with Crippen molar-refractivity contribution in [3.63, 3.8) is 0 Å². The van der Waals surface area contributed by atoms with E-state index in [4.69, 9.17) is 4.42 Å². The minimum absolute atomic E-state index is 0.675. The molecule has 0 unspecified atom stereocenters. The predicted molar refractivity (Wildman–Crippen MR) is 72.6 cm³/mol. The van der Waals surface area contributed by atoms with E-state index in [9.17, 15) is 0 Å². The van der Waals surface area contributed by atoms with Crippen LogP contribution in [0.4, 0.5) is 5.69 Å². The Morgan fingerprint density at radius 1 is 1.19 bits per heavy atom. The van der Waals surface area contributed by atoms with Crippen molar-refractivity contribution >= 4 is 37.5 Å². The highest BCUT2D eigenvalue weighted by atomic mass is 79.9. The molecule has 0 spiro atoms. The van der Waals surface area contributed by atoms with Gasteiger partial charge in [-0.1, -0.05) is 15.9 Å². The van der Waals surface area contributed by atoms with Gasteiger partial charge in [-0.2, -0.15) is 0 Å². The van der Waals surface area contributed by atoms with Gasteiger partial charge in [0.25, 0.3) is 0 Å². The lowest BCUT2D eigenvalue weighted by molar-refractivity contribution is 0.516. The Morgan fingerprint density at radius 2 is 2.00 bits per heavy atom. The zero-order valence-corrected chi connectivity index (χ0v) is 11.9. The molecular weight excluding hydrogens is 334 g/mol. The first-order valence-electron chi connectivity index (χ1n) is 4.88. The van der Waals surface area contributed by atoms with Crippen molar-refractivity contribution < 1.29 is 4.42 Å². The number of benzene rings is 1. The summed E-state index contributed by atoms with van der Waals surface area (Å²) in [4.78, 5) is 0. The summed E-state index contributed by atoms with van der Waals surface area (Å²) in [5, 5.41) is 3.31. The Morgan fingerprint density at radius 3 is 2.62 bits per heavy atom. The summed E-state index contributed by atoms with van der Waals surface area (Å²) in [5.74, 6) is 0.903. The molecule has 0 saturated heterocycles. The molecule has 0 atom stereocenters. The number of hydrogen-bond acceptors (Lipinski definition) is 2. The lowest BCUT2D eigenvalue weighted by Crippen LogP contribution is -1.98. The maximum atomic E-state index is 5.32. The smallest absolute Gasteiger partial charge is 0.136 e. The van der Waals surface area contributed by atoms with Gasteiger partial charge in [0.05, 0.1) is 17.3 Å². The van der Waals surface area contributed by atoms with Crippen molar-refractivity contribution in [1.29, 1.82) is 0 Å². The monoisotopic (exact) mass is 343 g/mol. The van der Waals surface area contributed by atoms with Crippen LogP contribution in [0.1, 0.15) is 11.3 Å². The van der Waals surface area contributed by atoms with Gasteiger partial charge in [-0.25, -0.2) is 0 Å². The molecule has 0 radical (unpaired) electrons. The van der Waals surface area contributed by atoms with Gasteiger partial charge in [0.15, 0.2) is 0 Å². The van der Waals surface area contributed by atoms with Crippen molar-refractivity contribution in [2.24, 2.45) is 0 Å². The molecule has 0 amide bonds. The number of anilines is 1. The normalized spacial score (nSPS) is 10.4. The van der Waals surface area contributed by atoms with Crippen LogP contribution in [-0.4, -0.2) is 0 Å². The van der Waals surface area contributed by atoms with Gasteiger partial charge >= 0.3 is 0 Å². The van der Waals surface area contributed by atoms with Crippen molar-refractivity contribution in [2.45, 2.75) is 13.5 Å². The van der Waals surface area contributed by atoms with Crippen molar-refractivity contribution in [2.75, 3.05) is 5.32 Å². The van der Waals surface area contributed by atoms with Crippen LogP contribution in [0.3, 0.4) is 0 Å². The first-order valence-corrected chi connectivity index (χ1v) is 6.47. The quantitative estimate of drug-likeness (QED) is 0.871. The number of aryl methyl sites for hydroxylation is 1. The van der Waals surface area contributed by atoms with Gasteiger partial charge in [0.1, 0.15) is 5.76 Å². The highest BCUT2D eigenvalue weighted by molar-refractivity contribution is 9.10. The summed E-state index contributed by atoms with van der Waals surface area (Å²) in [6.45, 7) is 2.74. The van der Waals surface area contributed by atoms with E-state index in [1.165, 1.54) is 5.56 Å². The molecule has 0 aliphatic rings. The first kappa shape index (κ1) is 11.7. The number of hydrogen-bond donors (Lipinski definition) is 1. The first-order chi connectivity index (χ1) is 7.66. The summed E-state index contributed by atoms with van der Waals surface area (Å²) in [6, 6.07) is 8.06. The molecule has 2 aromatic rings. The molecule has 0 aliphatic carbocycles. The second-order valence-corrected chi connectivity index (χ2v) is 5.22. The average molecular weight is 345 g/mol. The van der Waals surface area contributed by atoms with Crippen LogP contribution in [0.15, 0.2) is 43.9 Å². The molecule has 1 N–H and O–H groups in total. The minimum Gasteiger partial charge on any atom is -0.466 e. The zero-order valence-electron chi connectivity index (χ0n) is 8.76. The molecule has 2 nitrogen and oxygen atoms in total. The molecule has 0 bridgehead atoms. The summed E-state index contributed by atoms with van der Waals surface area (Å²) in [5.41, 5.74) is 2.30. The van der Waals surface area contributed by atoms with Crippen LogP contribution in [0.2, 0.25) is 0 Å². The van der Waals surface area contributed by atoms with E-state index in [-0.39, 0.29) is 0 Å². The van der Waals surface area contributed by atoms with Crippen molar-refractivity contribution in [3.05, 3.63) is 50.8 Å². The summed E-state index contributed by atoms with van der Waals surface area (Å²) in [7, 11) is 0. The van der Waals surface area contributed by atoms with Gasteiger partial charge in [-0.15, -0.1) is 0 Å². The Kier molecular flexibility index (Phi) is 3.71. The summed E-state index contributed by atoms with van der Waals surface area (Å²) >= 11 is 6.90. The molecule has 1 aromatic carbocycles. The molecule has 1 aromatic heterocycles. The molecule has 84 valence electrons. The molecule has 0 fully saturated rings. The fraction of sp³-hybridized carbons (Fsp3) is 0.167. The second kappa shape index (κ2) is 5.06. The van der Waals surface area contributed by atoms with Gasteiger partial charge in [-0.05, 0) is 52.7 Å². The van der Waals surface area contributed by atoms with Gasteiger partial charge in [0.2, 0.25) is 0 Å². The van der Waals surface area contributed by atoms with E-state index < -0.39 is 0 Å². The van der Waals surface area contributed by atoms with E-state index >= 15 is 0 Å². The van der Waals surface area contributed by atoms with E-state index in [1.54, 1.807) is 6.26 Å². The van der Waals surface area contributed by atoms with Gasteiger partial charge in [-0.3, -0.25) is 0 Å². The Hall–Kier alpha value is -0.740. The van der Waals surface area contributed by atoms with Crippen molar-refractivity contribution in [1.82, 2.24) is 0 Å². The number of rotatable bonds is 3. The third-order valence-corrected chi connectivity index (χ3v) is 3.90. The molecule has 1 heterocycles. The highest BCUT2D eigenvalue weighted by Crippen LogP contribution is 2.22. The summed E-state index contributed by atoms with van der Waals surface area (Å²) in [6.07, 6.45) is 1.67. The maximum Gasteiger partial charge on any atom is 0.136 e. The third-order valence-electron chi connectivity index (χ3n) is 2.30. The van der Waals surface area contributed by atoms with Crippen LogP contribution in [0, 0.1) is 6.92 Å². The van der Waals surface area contributed by atoms with Crippen LogP contribution >= 0.6 is 31.9 Å². The van der Waals surface area contributed by atoms with Gasteiger partial charge < -0.3 is 9.73 Å². The lowest BCUT2D eigenvalue weighted by atomic mass is 10.2. The van der Waals surface area contributed by atoms with Crippen LogP contribution in [0.5, 0.6) is 0 Å². The Balaban J connectivity index is 2.05. The fourth-order valence-electron chi connectivity index (χ4n) is 1.39. The van der Waals surface area contributed by atoms with E-state index in [2.05, 4.69) is 50.2 Å². The summed E-state index contributed by atoms with van der Waals surface area (Å²) < 4.78 is 7.44. The van der Waals surface area contributed by atoms with E-state index in [1.807, 2.05) is 18.2 Å². The van der Waals surface area contributed by atoms with Crippen LogP contribution in [0.25, 0.3) is 0 Å². The van der Waals surface area contributed by atoms with Gasteiger partial charge in [0, 0.05) is 10.2 Å². The lowest BCUT2D eigenvalue weighted by Gasteiger charge is -2.06. The standard InChI is InChI=1S/C12H11Br2NO/c1-8-6-9(2-3-10(8)13)15-7-12-11(14)4-5-16-12/h2-6,15H,7H2,1H3. The molecule has 0 saturated carbocycles. The minimum atomic E-state index is 0.675. The van der Waals surface area contributed by atoms with Crippen molar-refractivity contribution in [3.8, 4) is 0 Å². The number of halogens is 2. The Bertz CT molecular complexity index is 494. The highest BCUT2D eigenvalue weighted by Gasteiger charge is 2.03. The SMILES string of the molecule is Cc1cc(NCc2occc2Br)ccc1Br. The van der Waals surface area contributed by atoms with E-state index in [0.717, 1.165) is 20.4 Å². The average Bonchev–Trinajstić information content (AvgIpc) is 2.66. The number of nitrogens with one attached hydrogen (secondary N) is 1. The third kappa shape index (κ3) is 2.68. The topological polar surface area (TPSA) is 25.2 Å². The maximum absolute atomic E-state index is 5.32. The largest absolute Gasteiger partial charge is 0.466 e. The molecular formula is C12H11Br2NO. The zero-order chi connectivity index (χ0) is 11.5.